The minimum atomic E-state index is -3.67. The van der Waals surface area contributed by atoms with Crippen LogP contribution in [0.25, 0.3) is 0 Å². The lowest BCUT2D eigenvalue weighted by Gasteiger charge is -2.28. The van der Waals surface area contributed by atoms with Gasteiger partial charge in [-0.25, -0.2) is 27.5 Å². The highest BCUT2D eigenvalue weighted by atomic mass is 32.2. The van der Waals surface area contributed by atoms with E-state index in [-0.39, 0.29) is 28.8 Å². The Hall–Kier alpha value is -2.07. The summed E-state index contributed by atoms with van der Waals surface area (Å²) in [6, 6.07) is -0.0613. The first-order chi connectivity index (χ1) is 11.8. The minimum Gasteiger partial charge on any atom is -0.460 e. The Labute approximate surface area is 144 Å². The Kier molecular flexibility index (Phi) is 5.00. The van der Waals surface area contributed by atoms with Gasteiger partial charge < -0.3 is 9.26 Å². The number of ether oxygens (including phenoxy) is 1. The quantitative estimate of drug-likeness (QED) is 0.856. The smallest absolute Gasteiger partial charge is 0.316 e. The molecule has 8 nitrogen and oxygen atoms in total. The van der Waals surface area contributed by atoms with Crippen LogP contribution in [0.2, 0.25) is 0 Å². The van der Waals surface area contributed by atoms with Gasteiger partial charge in [-0.2, -0.15) is 0 Å². The molecular formula is C15H19FN4O4S. The number of halogens is 1. The Balaban J connectivity index is 1.56. The zero-order chi connectivity index (χ0) is 18.0. The van der Waals surface area contributed by atoms with E-state index in [2.05, 4.69) is 19.8 Å². The fourth-order valence-electron chi connectivity index (χ4n) is 2.95. The van der Waals surface area contributed by atoms with Crippen LogP contribution in [-0.4, -0.2) is 35.7 Å². The molecule has 0 spiro atoms. The third-order valence-corrected chi connectivity index (χ3v) is 5.87. The lowest BCUT2D eigenvalue weighted by molar-refractivity contribution is 0.132. The van der Waals surface area contributed by atoms with Crippen molar-refractivity contribution >= 4 is 10.0 Å². The third kappa shape index (κ3) is 4.13. The summed E-state index contributed by atoms with van der Waals surface area (Å²) in [6.45, 7) is 3.17. The molecule has 0 aliphatic heterocycles. The monoisotopic (exact) mass is 370 g/mol. The summed E-state index contributed by atoms with van der Waals surface area (Å²) in [5.41, 5.74) is 0.343. The Bertz CT molecular complexity index is 810. The summed E-state index contributed by atoms with van der Waals surface area (Å²) < 4.78 is 51.1. The topological polar surface area (TPSA) is 107 Å². The van der Waals surface area contributed by atoms with E-state index in [1.807, 2.05) is 0 Å². The predicted molar refractivity (Wildman–Crippen MR) is 85.0 cm³/mol. The van der Waals surface area contributed by atoms with Crippen LogP contribution in [-0.2, 0) is 10.0 Å². The molecule has 1 aliphatic carbocycles. The Morgan fingerprint density at radius 1 is 1.20 bits per heavy atom. The van der Waals surface area contributed by atoms with E-state index >= 15 is 0 Å². The van der Waals surface area contributed by atoms with E-state index in [0.29, 0.717) is 31.4 Å². The molecule has 0 aromatic carbocycles. The number of nitrogens with one attached hydrogen (secondary N) is 1. The second-order valence-corrected chi connectivity index (χ2v) is 7.70. The van der Waals surface area contributed by atoms with E-state index < -0.39 is 15.8 Å². The van der Waals surface area contributed by atoms with Crippen molar-refractivity contribution in [2.24, 2.45) is 0 Å². The first-order valence-corrected chi connectivity index (χ1v) is 9.43. The van der Waals surface area contributed by atoms with E-state index in [9.17, 15) is 12.8 Å². The van der Waals surface area contributed by atoms with Crippen LogP contribution in [0.4, 0.5) is 4.39 Å². The molecule has 0 bridgehead atoms. The maximum absolute atomic E-state index is 12.8. The molecule has 2 aromatic rings. The zero-order valence-electron chi connectivity index (χ0n) is 13.9. The van der Waals surface area contributed by atoms with E-state index in [4.69, 9.17) is 9.26 Å². The average Bonchev–Trinajstić information content (AvgIpc) is 2.91. The Morgan fingerprint density at radius 3 is 2.40 bits per heavy atom. The van der Waals surface area contributed by atoms with Crippen molar-refractivity contribution in [3.8, 4) is 6.01 Å². The summed E-state index contributed by atoms with van der Waals surface area (Å²) >= 11 is 0. The average molecular weight is 370 g/mol. The maximum Gasteiger partial charge on any atom is 0.316 e. The molecule has 1 N–H and O–H groups in total. The van der Waals surface area contributed by atoms with Gasteiger partial charge in [0.15, 0.2) is 11.6 Å². The summed E-state index contributed by atoms with van der Waals surface area (Å²) in [5, 5.41) is 3.69. The van der Waals surface area contributed by atoms with Crippen LogP contribution >= 0.6 is 0 Å². The molecular weight excluding hydrogens is 351 g/mol. The first kappa shape index (κ1) is 17.7. The number of rotatable bonds is 5. The summed E-state index contributed by atoms with van der Waals surface area (Å²) in [6.07, 6.45) is 4.51. The van der Waals surface area contributed by atoms with E-state index in [0.717, 1.165) is 12.4 Å². The number of hydrogen-bond donors (Lipinski definition) is 1. The van der Waals surface area contributed by atoms with Crippen LogP contribution in [0.1, 0.15) is 37.1 Å². The van der Waals surface area contributed by atoms with Crippen molar-refractivity contribution in [1.29, 1.82) is 0 Å². The number of nitrogens with zero attached hydrogens (tertiary/aromatic N) is 3. The molecule has 0 unspecified atom stereocenters. The van der Waals surface area contributed by atoms with Crippen molar-refractivity contribution in [1.82, 2.24) is 19.8 Å². The Morgan fingerprint density at radius 2 is 1.84 bits per heavy atom. The van der Waals surface area contributed by atoms with Crippen LogP contribution < -0.4 is 9.46 Å². The largest absolute Gasteiger partial charge is 0.460 e. The highest BCUT2D eigenvalue weighted by Crippen LogP contribution is 2.25. The maximum atomic E-state index is 12.8. The van der Waals surface area contributed by atoms with Gasteiger partial charge in [-0.1, -0.05) is 5.16 Å². The molecule has 25 heavy (non-hydrogen) atoms. The van der Waals surface area contributed by atoms with Gasteiger partial charge in [0.2, 0.25) is 10.0 Å². The van der Waals surface area contributed by atoms with Gasteiger partial charge in [0, 0.05) is 6.04 Å². The lowest BCUT2D eigenvalue weighted by Crippen LogP contribution is -2.40. The molecule has 0 amide bonds. The number of aryl methyl sites for hydroxylation is 2. The second kappa shape index (κ2) is 7.04. The second-order valence-electron chi connectivity index (χ2n) is 6.05. The van der Waals surface area contributed by atoms with Gasteiger partial charge in [-0.05, 0) is 39.5 Å². The number of sulfonamides is 1. The SMILES string of the molecule is Cc1noc(C)c1S(=O)(=O)NC1CCC(Oc2ncc(F)cn2)CC1. The number of aromatic nitrogens is 3. The highest BCUT2D eigenvalue weighted by molar-refractivity contribution is 7.89. The van der Waals surface area contributed by atoms with Crippen molar-refractivity contribution in [2.75, 3.05) is 0 Å². The van der Waals surface area contributed by atoms with Gasteiger partial charge in [-0.15, -0.1) is 0 Å². The van der Waals surface area contributed by atoms with Gasteiger partial charge in [0.05, 0.1) is 12.4 Å². The molecule has 1 saturated carbocycles. The lowest BCUT2D eigenvalue weighted by atomic mass is 9.94. The van der Waals surface area contributed by atoms with Gasteiger partial charge in [0.25, 0.3) is 0 Å². The summed E-state index contributed by atoms with van der Waals surface area (Å²) in [5.74, 6) is -0.250. The molecule has 0 radical (unpaired) electrons. The van der Waals surface area contributed by atoms with Crippen molar-refractivity contribution < 1.29 is 22.1 Å². The highest BCUT2D eigenvalue weighted by Gasteiger charge is 2.30. The molecule has 3 rings (SSSR count). The standard InChI is InChI=1S/C15H19FN4O4S/c1-9-14(10(2)24-19-9)25(21,22)20-12-3-5-13(6-4-12)23-15-17-7-11(16)8-18-15/h7-8,12-13,20H,3-6H2,1-2H3. The molecule has 2 aromatic heterocycles. The minimum absolute atomic E-state index is 0.102. The summed E-state index contributed by atoms with van der Waals surface area (Å²) in [4.78, 5) is 7.64. The molecule has 136 valence electrons. The summed E-state index contributed by atoms with van der Waals surface area (Å²) in [7, 11) is -3.67. The third-order valence-electron chi connectivity index (χ3n) is 4.10. The number of hydrogen-bond acceptors (Lipinski definition) is 7. The molecule has 2 heterocycles. The van der Waals surface area contributed by atoms with E-state index in [1.54, 1.807) is 13.8 Å². The van der Waals surface area contributed by atoms with Gasteiger partial charge >= 0.3 is 6.01 Å². The predicted octanol–water partition coefficient (Wildman–Crippen LogP) is 1.89. The fourth-order valence-corrected chi connectivity index (χ4v) is 4.58. The van der Waals surface area contributed by atoms with Crippen LogP contribution in [0.3, 0.4) is 0 Å². The molecule has 0 atom stereocenters. The van der Waals surface area contributed by atoms with Gasteiger partial charge in [-0.3, -0.25) is 0 Å². The van der Waals surface area contributed by atoms with Crippen LogP contribution in [0.5, 0.6) is 6.01 Å². The van der Waals surface area contributed by atoms with E-state index in [1.165, 1.54) is 0 Å². The molecule has 0 saturated heterocycles. The molecule has 1 aliphatic rings. The van der Waals surface area contributed by atoms with Crippen LogP contribution in [0, 0.1) is 19.7 Å². The van der Waals surface area contributed by atoms with Gasteiger partial charge in [0.1, 0.15) is 16.7 Å². The van der Waals surface area contributed by atoms with Crippen molar-refractivity contribution in [2.45, 2.75) is 56.6 Å². The van der Waals surface area contributed by atoms with Crippen molar-refractivity contribution in [3.63, 3.8) is 0 Å². The van der Waals surface area contributed by atoms with Crippen molar-refractivity contribution in [3.05, 3.63) is 29.7 Å². The molecule has 1 fully saturated rings. The fraction of sp³-hybridized carbons (Fsp3) is 0.533. The zero-order valence-corrected chi connectivity index (χ0v) is 14.7. The molecule has 10 heteroatoms. The normalized spacial score (nSPS) is 21.2. The first-order valence-electron chi connectivity index (χ1n) is 7.94. The van der Waals surface area contributed by atoms with Crippen LogP contribution in [0.15, 0.2) is 21.8 Å².